The van der Waals surface area contributed by atoms with Gasteiger partial charge in [-0.3, -0.25) is 4.98 Å². The van der Waals surface area contributed by atoms with Gasteiger partial charge >= 0.3 is 0 Å². The average Bonchev–Trinajstić information content (AvgIpc) is 2.64. The van der Waals surface area contributed by atoms with Gasteiger partial charge in [-0.25, -0.2) is 13.1 Å². The van der Waals surface area contributed by atoms with E-state index in [-0.39, 0.29) is 17.7 Å². The van der Waals surface area contributed by atoms with Gasteiger partial charge in [-0.05, 0) is 53.3 Å². The number of methoxy groups -OCH3 is 1. The second kappa shape index (κ2) is 9.19. The van der Waals surface area contributed by atoms with E-state index in [0.29, 0.717) is 18.8 Å². The minimum Gasteiger partial charge on any atom is -0.497 e. The molecular formula is C20H28N2O4S. The third kappa shape index (κ3) is 6.84. The van der Waals surface area contributed by atoms with Crippen molar-refractivity contribution in [2.24, 2.45) is 0 Å². The Bertz CT molecular complexity index is 828. The lowest BCUT2D eigenvalue weighted by Crippen LogP contribution is -2.28. The maximum absolute atomic E-state index is 12.3. The molecule has 1 N–H and O–H groups in total. The van der Waals surface area contributed by atoms with E-state index >= 15 is 0 Å². The number of hydrogen-bond donors (Lipinski definition) is 1. The van der Waals surface area contributed by atoms with E-state index in [4.69, 9.17) is 9.47 Å². The standard InChI is InChI=1S/C20H28N2O4S/c1-20(2,3)19-10-11-21-14-16(19)15-22-27(23,24)13-5-12-26-18-8-6-17(25-4)7-9-18/h6-11,14,22H,5,12-13,15H2,1-4H3. The number of aromatic nitrogens is 1. The van der Waals surface area contributed by atoms with Crippen molar-refractivity contribution >= 4 is 10.0 Å². The van der Waals surface area contributed by atoms with Gasteiger partial charge in [-0.15, -0.1) is 0 Å². The Hall–Kier alpha value is -2.12. The van der Waals surface area contributed by atoms with Gasteiger partial charge < -0.3 is 9.47 Å². The van der Waals surface area contributed by atoms with Crippen LogP contribution in [0.2, 0.25) is 0 Å². The molecule has 0 saturated heterocycles. The Kier molecular flexibility index (Phi) is 7.21. The molecule has 148 valence electrons. The van der Waals surface area contributed by atoms with E-state index in [0.717, 1.165) is 16.9 Å². The Balaban J connectivity index is 1.82. The number of ether oxygens (including phenoxy) is 2. The minimum atomic E-state index is -3.38. The third-order valence-electron chi connectivity index (χ3n) is 4.08. The van der Waals surface area contributed by atoms with E-state index in [2.05, 4.69) is 30.5 Å². The van der Waals surface area contributed by atoms with E-state index in [1.54, 1.807) is 43.8 Å². The Morgan fingerprint density at radius 2 is 1.74 bits per heavy atom. The van der Waals surface area contributed by atoms with Crippen LogP contribution in [0.3, 0.4) is 0 Å². The van der Waals surface area contributed by atoms with Crippen LogP contribution in [0, 0.1) is 0 Å². The summed E-state index contributed by atoms with van der Waals surface area (Å²) in [6.07, 6.45) is 3.85. The summed E-state index contributed by atoms with van der Waals surface area (Å²) in [6, 6.07) is 9.12. The molecule has 27 heavy (non-hydrogen) atoms. The highest BCUT2D eigenvalue weighted by Gasteiger charge is 2.19. The molecule has 0 aliphatic rings. The van der Waals surface area contributed by atoms with Gasteiger partial charge in [0.05, 0.1) is 19.5 Å². The first-order valence-electron chi connectivity index (χ1n) is 8.89. The maximum atomic E-state index is 12.3. The lowest BCUT2D eigenvalue weighted by Gasteiger charge is -2.22. The molecule has 0 fully saturated rings. The smallest absolute Gasteiger partial charge is 0.212 e. The van der Waals surface area contributed by atoms with Crippen LogP contribution < -0.4 is 14.2 Å². The van der Waals surface area contributed by atoms with Gasteiger partial charge in [0, 0.05) is 18.9 Å². The van der Waals surface area contributed by atoms with Crippen molar-refractivity contribution in [2.75, 3.05) is 19.5 Å². The quantitative estimate of drug-likeness (QED) is 0.663. The summed E-state index contributed by atoms with van der Waals surface area (Å²) in [5, 5.41) is 0. The fourth-order valence-electron chi connectivity index (χ4n) is 2.67. The monoisotopic (exact) mass is 392 g/mol. The number of nitrogens with one attached hydrogen (secondary N) is 1. The first kappa shape index (κ1) is 21.2. The number of benzene rings is 1. The summed E-state index contributed by atoms with van der Waals surface area (Å²) in [5.41, 5.74) is 1.90. The van der Waals surface area contributed by atoms with Crippen molar-refractivity contribution in [3.8, 4) is 11.5 Å². The number of rotatable bonds is 9. The van der Waals surface area contributed by atoms with Gasteiger partial charge in [-0.2, -0.15) is 0 Å². The largest absolute Gasteiger partial charge is 0.497 e. The highest BCUT2D eigenvalue weighted by atomic mass is 32.2. The zero-order valence-electron chi connectivity index (χ0n) is 16.4. The molecule has 2 rings (SSSR count). The van der Waals surface area contributed by atoms with E-state index in [9.17, 15) is 8.42 Å². The van der Waals surface area contributed by atoms with E-state index < -0.39 is 10.0 Å². The van der Waals surface area contributed by atoms with Crippen LogP contribution in [-0.4, -0.2) is 32.9 Å². The summed E-state index contributed by atoms with van der Waals surface area (Å²) in [5.74, 6) is 1.44. The maximum Gasteiger partial charge on any atom is 0.212 e. The molecule has 0 bridgehead atoms. The highest BCUT2D eigenvalue weighted by Crippen LogP contribution is 2.25. The summed E-state index contributed by atoms with van der Waals surface area (Å²) in [6.45, 7) is 6.85. The molecule has 0 aliphatic heterocycles. The molecule has 7 heteroatoms. The van der Waals surface area contributed by atoms with Gasteiger partial charge in [0.15, 0.2) is 0 Å². The lowest BCUT2D eigenvalue weighted by atomic mass is 9.85. The topological polar surface area (TPSA) is 77.5 Å². The third-order valence-corrected chi connectivity index (χ3v) is 5.49. The minimum absolute atomic E-state index is 0.00820. The molecule has 0 aliphatic carbocycles. The number of hydrogen-bond acceptors (Lipinski definition) is 5. The highest BCUT2D eigenvalue weighted by molar-refractivity contribution is 7.89. The molecule has 0 unspecified atom stereocenters. The summed E-state index contributed by atoms with van der Waals surface area (Å²) in [4.78, 5) is 4.12. The van der Waals surface area contributed by atoms with Crippen LogP contribution in [0.1, 0.15) is 38.3 Å². The molecule has 1 aromatic heterocycles. The molecule has 1 aromatic carbocycles. The van der Waals surface area contributed by atoms with Crippen LogP contribution >= 0.6 is 0 Å². The Morgan fingerprint density at radius 3 is 2.37 bits per heavy atom. The second-order valence-electron chi connectivity index (χ2n) is 7.30. The lowest BCUT2D eigenvalue weighted by molar-refractivity contribution is 0.316. The van der Waals surface area contributed by atoms with Crippen molar-refractivity contribution in [3.63, 3.8) is 0 Å². The molecule has 0 amide bonds. The molecular weight excluding hydrogens is 364 g/mol. The SMILES string of the molecule is COc1ccc(OCCCS(=O)(=O)NCc2cnccc2C(C)(C)C)cc1. The van der Waals surface area contributed by atoms with Crippen LogP contribution in [0.5, 0.6) is 11.5 Å². The van der Waals surface area contributed by atoms with Gasteiger partial charge in [0.1, 0.15) is 11.5 Å². The zero-order chi connectivity index (χ0) is 19.9. The van der Waals surface area contributed by atoms with Crippen LogP contribution in [0.4, 0.5) is 0 Å². The molecule has 0 radical (unpaired) electrons. The molecule has 2 aromatic rings. The average molecular weight is 393 g/mol. The summed E-state index contributed by atoms with van der Waals surface area (Å²) < 4.78 is 37.8. The molecule has 0 saturated carbocycles. The van der Waals surface area contributed by atoms with Crippen molar-refractivity contribution in [1.82, 2.24) is 9.71 Å². The number of pyridine rings is 1. The molecule has 6 nitrogen and oxygen atoms in total. The van der Waals surface area contributed by atoms with Crippen LogP contribution in [0.15, 0.2) is 42.7 Å². The summed E-state index contributed by atoms with van der Waals surface area (Å²) >= 11 is 0. The normalized spacial score (nSPS) is 12.0. The fraction of sp³-hybridized carbons (Fsp3) is 0.450. The van der Waals surface area contributed by atoms with Crippen LogP contribution in [0.25, 0.3) is 0 Å². The van der Waals surface area contributed by atoms with E-state index in [1.807, 2.05) is 6.07 Å². The Morgan fingerprint density at radius 1 is 1.07 bits per heavy atom. The Labute approximate surface area is 162 Å². The van der Waals surface area contributed by atoms with Crippen molar-refractivity contribution < 1.29 is 17.9 Å². The first-order valence-corrected chi connectivity index (χ1v) is 10.5. The van der Waals surface area contributed by atoms with E-state index in [1.165, 1.54) is 0 Å². The molecule has 0 spiro atoms. The molecule has 1 heterocycles. The van der Waals surface area contributed by atoms with Gasteiger partial charge in [0.25, 0.3) is 0 Å². The van der Waals surface area contributed by atoms with Crippen LogP contribution in [-0.2, 0) is 22.0 Å². The predicted molar refractivity (Wildman–Crippen MR) is 107 cm³/mol. The summed E-state index contributed by atoms with van der Waals surface area (Å²) in [7, 11) is -1.78. The van der Waals surface area contributed by atoms with Crippen molar-refractivity contribution in [1.29, 1.82) is 0 Å². The van der Waals surface area contributed by atoms with Crippen molar-refractivity contribution in [3.05, 3.63) is 53.9 Å². The second-order valence-corrected chi connectivity index (χ2v) is 9.23. The zero-order valence-corrected chi connectivity index (χ0v) is 17.2. The number of nitrogens with zero attached hydrogens (tertiary/aromatic N) is 1. The first-order chi connectivity index (χ1) is 12.7. The van der Waals surface area contributed by atoms with Gasteiger partial charge in [-0.1, -0.05) is 20.8 Å². The number of sulfonamides is 1. The van der Waals surface area contributed by atoms with Gasteiger partial charge in [0.2, 0.25) is 10.0 Å². The van der Waals surface area contributed by atoms with Crippen molar-refractivity contribution in [2.45, 2.75) is 39.2 Å². The molecule has 0 atom stereocenters. The predicted octanol–water partition coefficient (Wildman–Crippen LogP) is 3.28. The fourth-order valence-corrected chi connectivity index (χ4v) is 3.69.